The van der Waals surface area contributed by atoms with Gasteiger partial charge in [0, 0.05) is 24.0 Å². The van der Waals surface area contributed by atoms with Crippen molar-refractivity contribution in [2.45, 2.75) is 72.3 Å². The van der Waals surface area contributed by atoms with Crippen molar-refractivity contribution in [3.05, 3.63) is 61.7 Å². The molecule has 9 heteroatoms. The zero-order chi connectivity index (χ0) is 25.5. The van der Waals surface area contributed by atoms with Crippen LogP contribution in [0.5, 0.6) is 0 Å². The summed E-state index contributed by atoms with van der Waals surface area (Å²) in [5.41, 5.74) is 7.51. The van der Waals surface area contributed by atoms with Gasteiger partial charge < -0.3 is 5.73 Å². The first kappa shape index (κ1) is 26.4. The molecule has 8 nitrogen and oxygen atoms in total. The first-order valence-electron chi connectivity index (χ1n) is 12.3. The monoisotopic (exact) mass is 497 g/mol. The number of hydrogen-bond donors (Lipinski definition) is 2. The number of aromatic nitrogens is 3. The average Bonchev–Trinajstić information content (AvgIpc) is 3.33. The van der Waals surface area contributed by atoms with Crippen molar-refractivity contribution in [2.75, 3.05) is 17.2 Å². The molecule has 0 saturated heterocycles. The van der Waals surface area contributed by atoms with E-state index in [-0.39, 0.29) is 17.2 Å². The highest BCUT2D eigenvalue weighted by molar-refractivity contribution is 7.13. The molecule has 3 rings (SSSR count). The predicted octanol–water partition coefficient (Wildman–Crippen LogP) is 5.00. The highest BCUT2D eigenvalue weighted by atomic mass is 32.1. The standard InChI is InChI=1S/C26H35N5O3S/c1-5-7-9-15-30(21-22(27)31(14-8-6-2)26(34)29-23(21)32)25(33)20-16-35-24(28-20)19-12-10-18(11-13-19)17(3)4/h10-13,16-17H,5-9,14-15,27H2,1-4H3,(H,29,32,34). The SMILES string of the molecule is CCCCCN(C(=O)c1csc(-c2ccc(C(C)C)cc2)n1)c1c(N)n(CCCC)c(=O)[nH]c1=O. The third-order valence-corrected chi connectivity index (χ3v) is 6.89. The number of H-pyrrole nitrogens is 1. The largest absolute Gasteiger partial charge is 0.383 e. The molecular formula is C26H35N5O3S. The van der Waals surface area contributed by atoms with Gasteiger partial charge in [-0.15, -0.1) is 11.3 Å². The zero-order valence-corrected chi connectivity index (χ0v) is 21.8. The highest BCUT2D eigenvalue weighted by Crippen LogP contribution is 2.27. The van der Waals surface area contributed by atoms with Crippen LogP contribution in [0.1, 0.15) is 81.8 Å². The second-order valence-corrected chi connectivity index (χ2v) is 9.83. The summed E-state index contributed by atoms with van der Waals surface area (Å²) in [6.45, 7) is 9.03. The molecule has 0 aliphatic rings. The summed E-state index contributed by atoms with van der Waals surface area (Å²) in [7, 11) is 0. The zero-order valence-electron chi connectivity index (χ0n) is 21.0. The Bertz CT molecular complexity index is 1260. The molecule has 0 saturated carbocycles. The van der Waals surface area contributed by atoms with E-state index in [0.29, 0.717) is 25.4 Å². The maximum absolute atomic E-state index is 13.6. The van der Waals surface area contributed by atoms with E-state index < -0.39 is 17.2 Å². The first-order chi connectivity index (χ1) is 16.8. The van der Waals surface area contributed by atoms with Gasteiger partial charge in [-0.3, -0.25) is 24.0 Å². The van der Waals surface area contributed by atoms with Crippen molar-refractivity contribution < 1.29 is 4.79 Å². The van der Waals surface area contributed by atoms with Gasteiger partial charge in [-0.1, -0.05) is 71.2 Å². The van der Waals surface area contributed by atoms with Gasteiger partial charge in [-0.2, -0.15) is 0 Å². The maximum atomic E-state index is 13.6. The Morgan fingerprint density at radius 1 is 1.11 bits per heavy atom. The predicted molar refractivity (Wildman–Crippen MR) is 143 cm³/mol. The lowest BCUT2D eigenvalue weighted by atomic mass is 10.0. The number of nitrogens with zero attached hydrogens (tertiary/aromatic N) is 3. The smallest absolute Gasteiger partial charge is 0.330 e. The molecule has 188 valence electrons. The van der Waals surface area contributed by atoms with Gasteiger partial charge in [-0.05, 0) is 24.3 Å². The van der Waals surface area contributed by atoms with Gasteiger partial charge >= 0.3 is 5.69 Å². The molecule has 0 fully saturated rings. The van der Waals surface area contributed by atoms with Crippen molar-refractivity contribution in [1.29, 1.82) is 0 Å². The lowest BCUT2D eigenvalue weighted by Crippen LogP contribution is -2.41. The van der Waals surface area contributed by atoms with Gasteiger partial charge in [-0.25, -0.2) is 9.78 Å². The third kappa shape index (κ3) is 6.08. The van der Waals surface area contributed by atoms with Crippen LogP contribution >= 0.6 is 11.3 Å². The molecule has 0 atom stereocenters. The fraction of sp³-hybridized carbons (Fsp3) is 0.462. The Morgan fingerprint density at radius 2 is 1.80 bits per heavy atom. The normalized spacial score (nSPS) is 11.2. The summed E-state index contributed by atoms with van der Waals surface area (Å²) in [6.07, 6.45) is 4.13. The summed E-state index contributed by atoms with van der Waals surface area (Å²) in [4.78, 5) is 47.2. The molecule has 3 N–H and O–H groups in total. The molecule has 0 radical (unpaired) electrons. The quantitative estimate of drug-likeness (QED) is 0.362. The van der Waals surface area contributed by atoms with Gasteiger partial charge in [0.25, 0.3) is 11.5 Å². The summed E-state index contributed by atoms with van der Waals surface area (Å²) in [5, 5.41) is 2.44. The van der Waals surface area contributed by atoms with Crippen LogP contribution in [-0.4, -0.2) is 27.0 Å². The van der Waals surface area contributed by atoms with Gasteiger partial charge in [0.2, 0.25) is 0 Å². The van der Waals surface area contributed by atoms with Crippen molar-refractivity contribution in [1.82, 2.24) is 14.5 Å². The number of nitrogen functional groups attached to an aromatic ring is 1. The molecule has 0 aliphatic heterocycles. The van der Waals surface area contributed by atoms with Crippen LogP contribution in [0.4, 0.5) is 11.5 Å². The van der Waals surface area contributed by atoms with Crippen LogP contribution < -0.4 is 21.9 Å². The summed E-state index contributed by atoms with van der Waals surface area (Å²) in [5.74, 6) is 0.0374. The van der Waals surface area contributed by atoms with E-state index in [0.717, 1.165) is 36.3 Å². The molecule has 2 aromatic heterocycles. The van der Waals surface area contributed by atoms with E-state index in [1.54, 1.807) is 5.38 Å². The van der Waals surface area contributed by atoms with E-state index in [2.05, 4.69) is 42.9 Å². The van der Waals surface area contributed by atoms with E-state index in [1.807, 2.05) is 19.1 Å². The van der Waals surface area contributed by atoms with Crippen molar-refractivity contribution in [3.8, 4) is 10.6 Å². The molecule has 0 spiro atoms. The van der Waals surface area contributed by atoms with E-state index >= 15 is 0 Å². The first-order valence-corrected chi connectivity index (χ1v) is 13.2. The molecule has 1 aromatic carbocycles. The number of thiazole rings is 1. The second kappa shape index (κ2) is 12.0. The molecule has 3 aromatic rings. The lowest BCUT2D eigenvalue weighted by molar-refractivity contribution is 0.0982. The molecule has 0 bridgehead atoms. The number of carbonyl (C=O) groups excluding carboxylic acids is 1. The van der Waals surface area contributed by atoms with E-state index in [1.165, 1.54) is 26.4 Å². The van der Waals surface area contributed by atoms with Crippen LogP contribution in [0.2, 0.25) is 0 Å². The summed E-state index contributed by atoms with van der Waals surface area (Å²) >= 11 is 1.38. The number of benzene rings is 1. The van der Waals surface area contributed by atoms with Crippen molar-refractivity contribution >= 4 is 28.7 Å². The van der Waals surface area contributed by atoms with Crippen LogP contribution in [0, 0.1) is 0 Å². The number of nitrogens with two attached hydrogens (primary N) is 1. The molecule has 0 aliphatic carbocycles. The molecule has 1 amide bonds. The Labute approximate surface area is 209 Å². The van der Waals surface area contributed by atoms with Gasteiger partial charge in [0.1, 0.15) is 16.5 Å². The minimum absolute atomic E-state index is 0.0109. The number of aromatic amines is 1. The lowest BCUT2D eigenvalue weighted by Gasteiger charge is -2.24. The Hall–Kier alpha value is -3.20. The Kier molecular flexibility index (Phi) is 9.03. The number of carbonyl (C=O) groups is 1. The summed E-state index contributed by atoms with van der Waals surface area (Å²) in [6, 6.07) is 8.15. The van der Waals surface area contributed by atoms with Crippen LogP contribution in [0.15, 0.2) is 39.2 Å². The fourth-order valence-electron chi connectivity index (χ4n) is 3.86. The minimum Gasteiger partial charge on any atom is -0.383 e. The number of hydrogen-bond acceptors (Lipinski definition) is 6. The third-order valence-electron chi connectivity index (χ3n) is 6.00. The number of anilines is 2. The number of rotatable bonds is 11. The molecular weight excluding hydrogens is 462 g/mol. The molecule has 0 unspecified atom stereocenters. The van der Waals surface area contributed by atoms with Gasteiger partial charge in [0.15, 0.2) is 5.69 Å². The van der Waals surface area contributed by atoms with Crippen LogP contribution in [0.3, 0.4) is 0 Å². The van der Waals surface area contributed by atoms with Gasteiger partial charge in [0.05, 0.1) is 0 Å². The van der Waals surface area contributed by atoms with Crippen molar-refractivity contribution in [2.24, 2.45) is 0 Å². The fourth-order valence-corrected chi connectivity index (χ4v) is 4.66. The number of unbranched alkanes of at least 4 members (excludes halogenated alkanes) is 3. The van der Waals surface area contributed by atoms with Crippen molar-refractivity contribution in [3.63, 3.8) is 0 Å². The minimum atomic E-state index is -0.662. The average molecular weight is 498 g/mol. The highest BCUT2D eigenvalue weighted by Gasteiger charge is 2.26. The van der Waals surface area contributed by atoms with E-state index in [9.17, 15) is 14.4 Å². The van der Waals surface area contributed by atoms with Crippen LogP contribution in [-0.2, 0) is 6.54 Å². The Balaban J connectivity index is 1.99. The Morgan fingerprint density at radius 3 is 2.43 bits per heavy atom. The van der Waals surface area contributed by atoms with E-state index in [4.69, 9.17) is 5.73 Å². The maximum Gasteiger partial charge on any atom is 0.330 e. The van der Waals surface area contributed by atoms with Crippen LogP contribution in [0.25, 0.3) is 10.6 Å². The second-order valence-electron chi connectivity index (χ2n) is 8.98. The topological polar surface area (TPSA) is 114 Å². The molecule has 2 heterocycles. The number of amides is 1. The molecule has 35 heavy (non-hydrogen) atoms. The summed E-state index contributed by atoms with van der Waals surface area (Å²) < 4.78 is 1.34. The number of nitrogens with one attached hydrogen (secondary N) is 1.